The van der Waals surface area contributed by atoms with Crippen molar-refractivity contribution >= 4 is 27.8 Å². The Kier molecular flexibility index (Phi) is 5.70. The quantitative estimate of drug-likeness (QED) is 0.551. The lowest BCUT2D eigenvalue weighted by molar-refractivity contribution is 0.174. The third-order valence-corrected chi connectivity index (χ3v) is 6.73. The molecule has 3 heterocycles. The Labute approximate surface area is 187 Å². The molecule has 7 heteroatoms. The van der Waals surface area contributed by atoms with E-state index in [4.69, 9.17) is 14.5 Å². The van der Waals surface area contributed by atoms with Gasteiger partial charge in [0.1, 0.15) is 0 Å². The Morgan fingerprint density at radius 3 is 2.55 bits per heavy atom. The average molecular weight is 437 g/mol. The molecule has 2 aliphatic heterocycles. The number of hydrogen-bond donors (Lipinski definition) is 0. The number of ether oxygens (including phenoxy) is 2. The van der Waals surface area contributed by atoms with Crippen molar-refractivity contribution in [2.24, 2.45) is 0 Å². The molecular weight excluding hydrogens is 408 g/mol. The topological polar surface area (TPSA) is 41.1 Å². The molecule has 0 atom stereocenters. The maximum atomic E-state index is 5.57. The summed E-state index contributed by atoms with van der Waals surface area (Å²) in [5.41, 5.74) is 4.55. The molecule has 0 N–H and O–H groups in total. The van der Waals surface area contributed by atoms with Crippen LogP contribution in [0.2, 0.25) is 0 Å². The highest BCUT2D eigenvalue weighted by molar-refractivity contribution is 7.14. The summed E-state index contributed by atoms with van der Waals surface area (Å²) < 4.78 is 11.0. The first-order valence-corrected chi connectivity index (χ1v) is 11.8. The summed E-state index contributed by atoms with van der Waals surface area (Å²) >= 11 is 1.68. The fraction of sp³-hybridized carbons (Fsp3) is 0.375. The van der Waals surface area contributed by atoms with Crippen LogP contribution in [0, 0.1) is 0 Å². The lowest BCUT2D eigenvalue weighted by Gasteiger charge is -2.34. The van der Waals surface area contributed by atoms with Gasteiger partial charge in [0.2, 0.25) is 6.79 Å². The molecule has 1 saturated heterocycles. The molecule has 0 aliphatic carbocycles. The SMILES string of the molecule is CCCN(c1ccc2c(c1)OCO2)c1nc(-c2ccc(N3CCN(C)CC3)cc2)cs1. The smallest absolute Gasteiger partial charge is 0.231 e. The molecular formula is C24H28N4O2S. The molecule has 5 rings (SSSR count). The first-order valence-electron chi connectivity index (χ1n) is 10.9. The van der Waals surface area contributed by atoms with Crippen LogP contribution in [-0.2, 0) is 0 Å². The second-order valence-corrected chi connectivity index (χ2v) is 8.88. The van der Waals surface area contributed by atoms with E-state index in [2.05, 4.69) is 64.4 Å². The summed E-state index contributed by atoms with van der Waals surface area (Å²) in [5, 5.41) is 3.15. The molecule has 0 amide bonds. The lowest BCUT2D eigenvalue weighted by atomic mass is 10.1. The molecule has 0 unspecified atom stereocenters. The molecule has 3 aromatic rings. The van der Waals surface area contributed by atoms with E-state index in [0.29, 0.717) is 0 Å². The number of nitrogens with zero attached hydrogens (tertiary/aromatic N) is 4. The van der Waals surface area contributed by atoms with Gasteiger partial charge in [0.15, 0.2) is 16.6 Å². The van der Waals surface area contributed by atoms with Gasteiger partial charge in [-0.1, -0.05) is 19.1 Å². The fourth-order valence-corrected chi connectivity index (χ4v) is 4.92. The zero-order valence-electron chi connectivity index (χ0n) is 18.1. The predicted octanol–water partition coefficient (Wildman–Crippen LogP) is 4.84. The lowest BCUT2D eigenvalue weighted by Crippen LogP contribution is -2.44. The van der Waals surface area contributed by atoms with Crippen molar-refractivity contribution in [3.63, 3.8) is 0 Å². The normalized spacial score (nSPS) is 16.0. The van der Waals surface area contributed by atoms with Crippen LogP contribution < -0.4 is 19.3 Å². The van der Waals surface area contributed by atoms with Gasteiger partial charge in [0, 0.05) is 61.1 Å². The van der Waals surface area contributed by atoms with E-state index in [0.717, 1.165) is 72.7 Å². The molecule has 0 radical (unpaired) electrons. The zero-order chi connectivity index (χ0) is 21.2. The van der Waals surface area contributed by atoms with Crippen LogP contribution in [0.5, 0.6) is 11.5 Å². The number of likely N-dealkylation sites (N-methyl/N-ethyl adjacent to an activating group) is 1. The molecule has 31 heavy (non-hydrogen) atoms. The zero-order valence-corrected chi connectivity index (χ0v) is 18.9. The van der Waals surface area contributed by atoms with E-state index in [-0.39, 0.29) is 6.79 Å². The van der Waals surface area contributed by atoms with E-state index in [1.54, 1.807) is 11.3 Å². The predicted molar refractivity (Wildman–Crippen MR) is 127 cm³/mol. The van der Waals surface area contributed by atoms with E-state index in [1.165, 1.54) is 5.69 Å². The number of anilines is 3. The van der Waals surface area contributed by atoms with Crippen molar-refractivity contribution in [1.82, 2.24) is 9.88 Å². The molecule has 2 aromatic carbocycles. The second-order valence-electron chi connectivity index (χ2n) is 8.04. The van der Waals surface area contributed by atoms with Gasteiger partial charge in [0.05, 0.1) is 5.69 Å². The minimum Gasteiger partial charge on any atom is -0.454 e. The van der Waals surface area contributed by atoms with Gasteiger partial charge >= 0.3 is 0 Å². The molecule has 6 nitrogen and oxygen atoms in total. The Bertz CT molecular complexity index is 1030. The number of rotatable bonds is 6. The van der Waals surface area contributed by atoms with E-state index in [1.807, 2.05) is 12.1 Å². The number of fused-ring (bicyclic) bond motifs is 1. The van der Waals surface area contributed by atoms with Crippen LogP contribution in [-0.4, -0.2) is 56.4 Å². The molecule has 1 aromatic heterocycles. The molecule has 0 bridgehead atoms. The highest BCUT2D eigenvalue weighted by atomic mass is 32.1. The van der Waals surface area contributed by atoms with Gasteiger partial charge in [-0.3, -0.25) is 0 Å². The van der Waals surface area contributed by atoms with Crippen LogP contribution in [0.1, 0.15) is 13.3 Å². The Balaban J connectivity index is 1.35. The van der Waals surface area contributed by atoms with Gasteiger partial charge in [-0.2, -0.15) is 0 Å². The third kappa shape index (κ3) is 4.20. The number of benzene rings is 2. The van der Waals surface area contributed by atoms with Gasteiger partial charge in [-0.15, -0.1) is 11.3 Å². The molecule has 162 valence electrons. The largest absolute Gasteiger partial charge is 0.454 e. The minimum absolute atomic E-state index is 0.290. The number of aromatic nitrogens is 1. The summed E-state index contributed by atoms with van der Waals surface area (Å²) in [4.78, 5) is 12.1. The molecule has 2 aliphatic rings. The fourth-order valence-electron chi connectivity index (χ4n) is 4.04. The number of hydrogen-bond acceptors (Lipinski definition) is 7. The molecule has 1 fully saturated rings. The van der Waals surface area contributed by atoms with Crippen LogP contribution in [0.25, 0.3) is 11.3 Å². The van der Waals surface area contributed by atoms with Crippen molar-refractivity contribution in [2.45, 2.75) is 13.3 Å². The maximum Gasteiger partial charge on any atom is 0.231 e. The van der Waals surface area contributed by atoms with Crippen molar-refractivity contribution in [3.05, 3.63) is 47.8 Å². The summed E-state index contributed by atoms with van der Waals surface area (Å²) in [7, 11) is 2.19. The summed E-state index contributed by atoms with van der Waals surface area (Å²) in [5.74, 6) is 1.61. The third-order valence-electron chi connectivity index (χ3n) is 5.87. The molecule has 0 spiro atoms. The maximum absolute atomic E-state index is 5.57. The van der Waals surface area contributed by atoms with Crippen molar-refractivity contribution in [1.29, 1.82) is 0 Å². The summed E-state index contributed by atoms with van der Waals surface area (Å²) in [6.45, 7) is 7.77. The Morgan fingerprint density at radius 2 is 1.77 bits per heavy atom. The first-order chi connectivity index (χ1) is 15.2. The van der Waals surface area contributed by atoms with E-state index in [9.17, 15) is 0 Å². The van der Waals surface area contributed by atoms with E-state index >= 15 is 0 Å². The summed E-state index contributed by atoms with van der Waals surface area (Å²) in [6, 6.07) is 14.9. The van der Waals surface area contributed by atoms with Crippen molar-refractivity contribution in [3.8, 4) is 22.8 Å². The highest BCUT2D eigenvalue weighted by Crippen LogP contribution is 2.39. The van der Waals surface area contributed by atoms with Crippen LogP contribution in [0.4, 0.5) is 16.5 Å². The van der Waals surface area contributed by atoms with Gasteiger partial charge in [-0.05, 0) is 37.7 Å². The van der Waals surface area contributed by atoms with Gasteiger partial charge < -0.3 is 24.2 Å². The first kappa shape index (κ1) is 20.2. The highest BCUT2D eigenvalue weighted by Gasteiger charge is 2.19. The van der Waals surface area contributed by atoms with Crippen LogP contribution >= 0.6 is 11.3 Å². The number of piperazine rings is 1. The van der Waals surface area contributed by atoms with Crippen LogP contribution in [0.3, 0.4) is 0 Å². The Morgan fingerprint density at radius 1 is 1.00 bits per heavy atom. The van der Waals surface area contributed by atoms with Gasteiger partial charge in [0.25, 0.3) is 0 Å². The van der Waals surface area contributed by atoms with Crippen molar-refractivity contribution in [2.75, 3.05) is 56.4 Å². The van der Waals surface area contributed by atoms with Gasteiger partial charge in [-0.25, -0.2) is 4.98 Å². The second kappa shape index (κ2) is 8.77. The van der Waals surface area contributed by atoms with E-state index < -0.39 is 0 Å². The van der Waals surface area contributed by atoms with Crippen LogP contribution in [0.15, 0.2) is 47.8 Å². The number of thiazole rings is 1. The Hall–Kier alpha value is -2.77. The van der Waals surface area contributed by atoms with Crippen molar-refractivity contribution < 1.29 is 9.47 Å². The minimum atomic E-state index is 0.290. The monoisotopic (exact) mass is 436 g/mol. The molecule has 0 saturated carbocycles. The standard InChI is InChI=1S/C24H28N4O2S/c1-3-10-28(20-8-9-22-23(15-20)30-17-29-22)24-25-21(16-31-24)18-4-6-19(7-5-18)27-13-11-26(2)12-14-27/h4-9,15-16H,3,10-14,17H2,1-2H3. The summed E-state index contributed by atoms with van der Waals surface area (Å²) in [6.07, 6.45) is 1.03. The average Bonchev–Trinajstić information content (AvgIpc) is 3.47.